The van der Waals surface area contributed by atoms with E-state index >= 15 is 0 Å². The molecule has 1 aromatic carbocycles. The maximum absolute atomic E-state index is 14.8. The van der Waals surface area contributed by atoms with Crippen molar-refractivity contribution >= 4 is 0 Å². The van der Waals surface area contributed by atoms with E-state index in [-0.39, 0.29) is 12.4 Å². The van der Waals surface area contributed by atoms with Crippen molar-refractivity contribution in [2.45, 2.75) is 116 Å². The van der Waals surface area contributed by atoms with Crippen molar-refractivity contribution in [3.63, 3.8) is 0 Å². The number of rotatable bonds is 9. The van der Waals surface area contributed by atoms with Gasteiger partial charge in [0.05, 0.1) is 18.3 Å². The zero-order valence-corrected chi connectivity index (χ0v) is 22.1. The number of hydrogen-bond acceptors (Lipinski definition) is 2. The second-order valence-electron chi connectivity index (χ2n) is 11.6. The lowest BCUT2D eigenvalue weighted by molar-refractivity contribution is -0.280. The Hall–Kier alpha value is -1.30. The first-order valence-electron chi connectivity index (χ1n) is 14.5. The summed E-state index contributed by atoms with van der Waals surface area (Å²) >= 11 is 0. The molecule has 1 aromatic rings. The van der Waals surface area contributed by atoms with Gasteiger partial charge in [0.1, 0.15) is 0 Å². The fraction of sp³-hybridized carbons (Fsp3) is 0.800. The van der Waals surface area contributed by atoms with Crippen molar-refractivity contribution in [3.8, 4) is 5.75 Å². The van der Waals surface area contributed by atoms with E-state index in [1.54, 1.807) is 6.92 Å². The second kappa shape index (κ2) is 12.5. The highest BCUT2D eigenvalue weighted by Gasteiger charge is 2.42. The largest absolute Gasteiger partial charge is 0.491 e. The molecular formula is C30H44F4O2. The molecule has 0 atom stereocenters. The summed E-state index contributed by atoms with van der Waals surface area (Å²) in [6, 6.07) is 1.91. The number of halogens is 4. The normalized spacial score (nSPS) is 31.8. The van der Waals surface area contributed by atoms with Crippen LogP contribution in [0, 0.1) is 41.2 Å². The Morgan fingerprint density at radius 1 is 0.722 bits per heavy atom. The van der Waals surface area contributed by atoms with Gasteiger partial charge in [0.25, 0.3) is 0 Å². The van der Waals surface area contributed by atoms with Gasteiger partial charge in [-0.05, 0) is 113 Å². The van der Waals surface area contributed by atoms with Crippen LogP contribution < -0.4 is 4.74 Å². The zero-order valence-electron chi connectivity index (χ0n) is 22.1. The van der Waals surface area contributed by atoms with Gasteiger partial charge >= 0.3 is 6.11 Å². The van der Waals surface area contributed by atoms with Crippen molar-refractivity contribution in [1.29, 1.82) is 0 Å². The standard InChI is InChI=1S/C30H44F4O2/c1-3-5-20-6-8-21(9-7-20)22-10-12-23(13-11-22)24-14-16-25(17-15-24)36-30(33,34)26-18-19-27(35-4-2)29(32)28(26)31/h18-25H,3-17H2,1-2H3. The average Bonchev–Trinajstić information content (AvgIpc) is 2.88. The van der Waals surface area contributed by atoms with E-state index in [1.807, 2.05) is 0 Å². The smallest absolute Gasteiger partial charge is 0.386 e. The first-order chi connectivity index (χ1) is 17.3. The maximum Gasteiger partial charge on any atom is 0.386 e. The minimum Gasteiger partial charge on any atom is -0.491 e. The van der Waals surface area contributed by atoms with Crippen LogP contribution in [0.2, 0.25) is 0 Å². The molecule has 0 radical (unpaired) electrons. The Kier molecular flexibility index (Phi) is 9.62. The summed E-state index contributed by atoms with van der Waals surface area (Å²) in [7, 11) is 0. The number of benzene rings is 1. The van der Waals surface area contributed by atoms with Crippen LogP contribution in [0.3, 0.4) is 0 Å². The summed E-state index contributed by atoms with van der Waals surface area (Å²) in [6.07, 6.45) is 11.9. The molecule has 0 bridgehead atoms. The molecule has 4 rings (SSSR count). The molecule has 0 spiro atoms. The van der Waals surface area contributed by atoms with Crippen LogP contribution in [-0.2, 0) is 10.8 Å². The molecule has 0 aliphatic heterocycles. The van der Waals surface area contributed by atoms with Crippen LogP contribution in [-0.4, -0.2) is 12.7 Å². The van der Waals surface area contributed by atoms with Crippen LogP contribution in [0.25, 0.3) is 0 Å². The lowest BCUT2D eigenvalue weighted by Gasteiger charge is -2.41. The molecule has 3 saturated carbocycles. The van der Waals surface area contributed by atoms with Gasteiger partial charge in [-0.15, -0.1) is 0 Å². The van der Waals surface area contributed by atoms with Gasteiger partial charge < -0.3 is 9.47 Å². The Bertz CT molecular complexity index is 820. The van der Waals surface area contributed by atoms with Crippen LogP contribution in [0.1, 0.15) is 109 Å². The van der Waals surface area contributed by atoms with Crippen molar-refractivity contribution in [2.75, 3.05) is 6.61 Å². The lowest BCUT2D eigenvalue weighted by Crippen LogP contribution is -2.33. The molecule has 0 N–H and O–H groups in total. The molecule has 0 aromatic heterocycles. The molecule has 3 fully saturated rings. The summed E-state index contributed by atoms with van der Waals surface area (Å²) in [5, 5.41) is 0. The minimum atomic E-state index is -3.87. The van der Waals surface area contributed by atoms with Crippen molar-refractivity contribution in [2.24, 2.45) is 29.6 Å². The van der Waals surface area contributed by atoms with Gasteiger partial charge in [-0.25, -0.2) is 4.39 Å². The second-order valence-corrected chi connectivity index (χ2v) is 11.6. The van der Waals surface area contributed by atoms with Crippen LogP contribution in [0.15, 0.2) is 12.1 Å². The highest BCUT2D eigenvalue weighted by molar-refractivity contribution is 5.32. The fourth-order valence-electron chi connectivity index (χ4n) is 7.42. The third kappa shape index (κ3) is 6.57. The molecular weight excluding hydrogens is 468 g/mol. The van der Waals surface area contributed by atoms with Gasteiger partial charge in [-0.1, -0.05) is 32.6 Å². The monoisotopic (exact) mass is 512 g/mol. The molecule has 36 heavy (non-hydrogen) atoms. The Labute approximate surface area is 214 Å². The third-order valence-corrected chi connectivity index (χ3v) is 9.43. The van der Waals surface area contributed by atoms with Crippen molar-refractivity contribution < 1.29 is 27.0 Å². The van der Waals surface area contributed by atoms with E-state index in [9.17, 15) is 17.6 Å². The third-order valence-electron chi connectivity index (χ3n) is 9.43. The quantitative estimate of drug-likeness (QED) is 0.307. The number of alkyl halides is 2. The maximum atomic E-state index is 14.8. The van der Waals surface area contributed by atoms with E-state index in [2.05, 4.69) is 6.92 Å². The van der Waals surface area contributed by atoms with Crippen LogP contribution in [0.4, 0.5) is 17.6 Å². The molecule has 0 saturated heterocycles. The molecule has 0 amide bonds. The topological polar surface area (TPSA) is 18.5 Å². The molecule has 204 valence electrons. The molecule has 3 aliphatic carbocycles. The predicted molar refractivity (Wildman–Crippen MR) is 134 cm³/mol. The number of hydrogen-bond donors (Lipinski definition) is 0. The van der Waals surface area contributed by atoms with Crippen LogP contribution in [0.5, 0.6) is 5.75 Å². The average molecular weight is 513 g/mol. The zero-order chi connectivity index (χ0) is 25.7. The summed E-state index contributed by atoms with van der Waals surface area (Å²) in [6.45, 7) is 4.03. The van der Waals surface area contributed by atoms with E-state index in [0.717, 1.165) is 42.7 Å². The fourth-order valence-corrected chi connectivity index (χ4v) is 7.42. The Balaban J connectivity index is 1.22. The molecule has 2 nitrogen and oxygen atoms in total. The van der Waals surface area contributed by atoms with Crippen molar-refractivity contribution in [1.82, 2.24) is 0 Å². The van der Waals surface area contributed by atoms with E-state index in [0.29, 0.717) is 24.7 Å². The van der Waals surface area contributed by atoms with Crippen molar-refractivity contribution in [3.05, 3.63) is 29.3 Å². The van der Waals surface area contributed by atoms with Gasteiger partial charge in [0.15, 0.2) is 11.6 Å². The number of ether oxygens (including phenoxy) is 2. The molecule has 3 aliphatic rings. The minimum absolute atomic E-state index is 0.119. The summed E-state index contributed by atoms with van der Waals surface area (Å²) < 4.78 is 68.0. The lowest BCUT2D eigenvalue weighted by atomic mass is 9.65. The van der Waals surface area contributed by atoms with Gasteiger partial charge in [0.2, 0.25) is 5.82 Å². The molecule has 6 heteroatoms. The van der Waals surface area contributed by atoms with Gasteiger partial charge in [0, 0.05) is 0 Å². The van der Waals surface area contributed by atoms with E-state index in [4.69, 9.17) is 9.47 Å². The summed E-state index contributed by atoms with van der Waals surface area (Å²) in [5.74, 6) is 0.647. The van der Waals surface area contributed by atoms with E-state index < -0.39 is 29.4 Å². The predicted octanol–water partition coefficient (Wildman–Crippen LogP) is 9.40. The first kappa shape index (κ1) is 27.7. The SMILES string of the molecule is CCCC1CCC(C2CCC(C3CCC(OC(F)(F)c4ccc(OCC)c(F)c4F)CC3)CC2)CC1. The van der Waals surface area contributed by atoms with Gasteiger partial charge in [-0.3, -0.25) is 0 Å². The Morgan fingerprint density at radius 3 is 1.72 bits per heavy atom. The highest BCUT2D eigenvalue weighted by atomic mass is 19.3. The van der Waals surface area contributed by atoms with E-state index in [1.165, 1.54) is 64.2 Å². The Morgan fingerprint density at radius 2 is 1.22 bits per heavy atom. The van der Waals surface area contributed by atoms with Crippen LogP contribution >= 0.6 is 0 Å². The summed E-state index contributed by atoms with van der Waals surface area (Å²) in [5.41, 5.74) is -1.06. The first-order valence-corrected chi connectivity index (χ1v) is 14.5. The highest BCUT2D eigenvalue weighted by Crippen LogP contribution is 2.47. The molecule has 0 unspecified atom stereocenters. The summed E-state index contributed by atoms with van der Waals surface area (Å²) in [4.78, 5) is 0. The molecule has 0 heterocycles. The van der Waals surface area contributed by atoms with Gasteiger partial charge in [-0.2, -0.15) is 13.2 Å².